The first-order chi connectivity index (χ1) is 8.27. The molecule has 1 amide bonds. The van der Waals surface area contributed by atoms with Crippen LogP contribution in [0.4, 0.5) is 5.69 Å². The van der Waals surface area contributed by atoms with Gasteiger partial charge in [0.2, 0.25) is 5.91 Å². The number of hydrogen-bond acceptors (Lipinski definition) is 4. The van der Waals surface area contributed by atoms with E-state index in [1.807, 2.05) is 12.1 Å². The predicted molar refractivity (Wildman–Crippen MR) is 70.7 cm³/mol. The van der Waals surface area contributed by atoms with Crippen molar-refractivity contribution in [3.8, 4) is 5.75 Å². The number of carbonyl (C=O) groups excluding carboxylic acids is 1. The van der Waals surface area contributed by atoms with Crippen LogP contribution in [0.2, 0.25) is 0 Å². The number of rotatable bonds is 7. The van der Waals surface area contributed by atoms with Crippen molar-refractivity contribution in [2.45, 2.75) is 6.42 Å². The zero-order valence-corrected chi connectivity index (χ0v) is 10.6. The highest BCUT2D eigenvalue weighted by atomic mass is 32.2. The first-order valence-corrected chi connectivity index (χ1v) is 6.55. The maximum absolute atomic E-state index is 11.6. The topological polar surface area (TPSA) is 58.6 Å². The average Bonchev–Trinajstić information content (AvgIpc) is 2.35. The van der Waals surface area contributed by atoms with E-state index >= 15 is 0 Å². The van der Waals surface area contributed by atoms with Crippen molar-refractivity contribution < 1.29 is 14.6 Å². The molecule has 0 spiro atoms. The lowest BCUT2D eigenvalue weighted by molar-refractivity contribution is -0.113. The fourth-order valence-corrected chi connectivity index (χ4v) is 2.00. The van der Waals surface area contributed by atoms with Crippen LogP contribution in [-0.4, -0.2) is 36.2 Å². The molecule has 0 heterocycles. The molecule has 1 rings (SSSR count). The number of nitrogens with one attached hydrogen (secondary N) is 1. The number of thioether (sulfide) groups is 1. The summed E-state index contributed by atoms with van der Waals surface area (Å²) in [7, 11) is 1.57. The van der Waals surface area contributed by atoms with Crippen molar-refractivity contribution in [1.82, 2.24) is 0 Å². The molecular weight excluding hydrogens is 238 g/mol. The van der Waals surface area contributed by atoms with Crippen LogP contribution in [0.15, 0.2) is 24.3 Å². The van der Waals surface area contributed by atoms with Gasteiger partial charge in [-0.05, 0) is 24.3 Å². The number of amides is 1. The minimum atomic E-state index is -0.0579. The van der Waals surface area contributed by atoms with Crippen LogP contribution >= 0.6 is 11.8 Å². The van der Waals surface area contributed by atoms with Gasteiger partial charge < -0.3 is 15.2 Å². The number of hydrogen-bond donors (Lipinski definition) is 2. The molecule has 0 saturated carbocycles. The van der Waals surface area contributed by atoms with Crippen LogP contribution in [-0.2, 0) is 4.79 Å². The van der Waals surface area contributed by atoms with E-state index in [1.54, 1.807) is 19.2 Å². The van der Waals surface area contributed by atoms with E-state index in [2.05, 4.69) is 5.32 Å². The quantitative estimate of drug-likeness (QED) is 0.729. The minimum Gasteiger partial charge on any atom is -0.495 e. The number of carbonyl (C=O) groups is 1. The Morgan fingerprint density at radius 2 is 2.24 bits per heavy atom. The van der Waals surface area contributed by atoms with Crippen molar-refractivity contribution in [1.29, 1.82) is 0 Å². The third kappa shape index (κ3) is 5.10. The van der Waals surface area contributed by atoms with E-state index < -0.39 is 0 Å². The summed E-state index contributed by atoms with van der Waals surface area (Å²) in [6.07, 6.45) is 0.715. The molecule has 1 aromatic rings. The Morgan fingerprint density at radius 1 is 1.47 bits per heavy atom. The SMILES string of the molecule is COc1ccccc1NC(=O)CSCCCO. The Kier molecular flexibility index (Phi) is 6.50. The molecule has 2 N–H and O–H groups in total. The van der Waals surface area contributed by atoms with Gasteiger partial charge in [-0.3, -0.25) is 4.79 Å². The number of methoxy groups -OCH3 is 1. The van der Waals surface area contributed by atoms with E-state index in [0.29, 0.717) is 23.6 Å². The summed E-state index contributed by atoms with van der Waals surface area (Å²) in [5.41, 5.74) is 0.683. The highest BCUT2D eigenvalue weighted by Crippen LogP contribution is 2.23. The fourth-order valence-electron chi connectivity index (χ4n) is 1.27. The lowest BCUT2D eigenvalue weighted by Gasteiger charge is -2.09. The molecule has 5 heteroatoms. The summed E-state index contributed by atoms with van der Waals surface area (Å²) in [6, 6.07) is 7.30. The van der Waals surface area contributed by atoms with E-state index in [0.717, 1.165) is 5.75 Å². The van der Waals surface area contributed by atoms with Gasteiger partial charge in [0.1, 0.15) is 5.75 Å². The second-order valence-electron chi connectivity index (χ2n) is 3.38. The molecule has 4 nitrogen and oxygen atoms in total. The normalized spacial score (nSPS) is 10.0. The van der Waals surface area contributed by atoms with Gasteiger partial charge in [-0.2, -0.15) is 11.8 Å². The lowest BCUT2D eigenvalue weighted by atomic mass is 10.3. The highest BCUT2D eigenvalue weighted by Gasteiger charge is 2.06. The van der Waals surface area contributed by atoms with E-state index in [4.69, 9.17) is 9.84 Å². The second kappa shape index (κ2) is 7.97. The number of ether oxygens (including phenoxy) is 1. The molecule has 0 aliphatic carbocycles. The summed E-state index contributed by atoms with van der Waals surface area (Å²) >= 11 is 1.51. The third-order valence-electron chi connectivity index (χ3n) is 2.06. The zero-order valence-electron chi connectivity index (χ0n) is 9.81. The van der Waals surface area contributed by atoms with Crippen LogP contribution in [0.5, 0.6) is 5.75 Å². The Morgan fingerprint density at radius 3 is 2.94 bits per heavy atom. The van der Waals surface area contributed by atoms with Gasteiger partial charge in [0.15, 0.2) is 0 Å². The monoisotopic (exact) mass is 255 g/mol. The van der Waals surface area contributed by atoms with Crippen molar-refractivity contribution in [2.24, 2.45) is 0 Å². The maximum atomic E-state index is 11.6. The van der Waals surface area contributed by atoms with E-state index in [-0.39, 0.29) is 12.5 Å². The van der Waals surface area contributed by atoms with Gasteiger partial charge in [0.05, 0.1) is 18.6 Å². The highest BCUT2D eigenvalue weighted by molar-refractivity contribution is 7.99. The summed E-state index contributed by atoms with van der Waals surface area (Å²) in [6.45, 7) is 0.168. The maximum Gasteiger partial charge on any atom is 0.234 e. The minimum absolute atomic E-state index is 0.0579. The molecule has 0 aromatic heterocycles. The molecule has 0 atom stereocenters. The largest absolute Gasteiger partial charge is 0.495 e. The van der Waals surface area contributed by atoms with Gasteiger partial charge in [0.25, 0.3) is 0 Å². The van der Waals surface area contributed by atoms with Gasteiger partial charge in [-0.1, -0.05) is 12.1 Å². The van der Waals surface area contributed by atoms with Gasteiger partial charge in [0, 0.05) is 6.61 Å². The first-order valence-electron chi connectivity index (χ1n) is 5.39. The molecule has 17 heavy (non-hydrogen) atoms. The molecule has 1 aromatic carbocycles. The first kappa shape index (κ1) is 13.9. The van der Waals surface area contributed by atoms with E-state index in [9.17, 15) is 4.79 Å². The predicted octanol–water partition coefficient (Wildman–Crippen LogP) is 1.75. The van der Waals surface area contributed by atoms with Crippen molar-refractivity contribution in [2.75, 3.05) is 30.5 Å². The van der Waals surface area contributed by atoms with Crippen molar-refractivity contribution in [3.05, 3.63) is 24.3 Å². The zero-order chi connectivity index (χ0) is 12.5. The number of aliphatic hydroxyl groups excluding tert-OH is 1. The number of para-hydroxylation sites is 2. The molecule has 0 saturated heterocycles. The molecule has 0 aliphatic heterocycles. The smallest absolute Gasteiger partial charge is 0.234 e. The Bertz CT molecular complexity index is 357. The van der Waals surface area contributed by atoms with Crippen molar-refractivity contribution >= 4 is 23.4 Å². The Hall–Kier alpha value is -1.20. The standard InChI is InChI=1S/C12H17NO3S/c1-16-11-6-3-2-5-10(11)13-12(15)9-17-8-4-7-14/h2-3,5-6,14H,4,7-9H2,1H3,(H,13,15). The summed E-state index contributed by atoms with van der Waals surface area (Å²) in [5.74, 6) is 1.77. The Labute approximate surface area is 105 Å². The lowest BCUT2D eigenvalue weighted by Crippen LogP contribution is -2.15. The van der Waals surface area contributed by atoms with Crippen LogP contribution < -0.4 is 10.1 Å². The van der Waals surface area contributed by atoms with Crippen LogP contribution in [0.3, 0.4) is 0 Å². The number of benzene rings is 1. The summed E-state index contributed by atoms with van der Waals surface area (Å²) in [4.78, 5) is 11.6. The average molecular weight is 255 g/mol. The van der Waals surface area contributed by atoms with Crippen LogP contribution in [0, 0.1) is 0 Å². The second-order valence-corrected chi connectivity index (χ2v) is 4.48. The van der Waals surface area contributed by atoms with Crippen molar-refractivity contribution in [3.63, 3.8) is 0 Å². The summed E-state index contributed by atoms with van der Waals surface area (Å²) < 4.78 is 5.13. The molecule has 0 unspecified atom stereocenters. The molecule has 94 valence electrons. The third-order valence-corrected chi connectivity index (χ3v) is 3.10. The van der Waals surface area contributed by atoms with E-state index in [1.165, 1.54) is 11.8 Å². The molecule has 0 bridgehead atoms. The van der Waals surface area contributed by atoms with Gasteiger partial charge in [-0.25, -0.2) is 0 Å². The fraction of sp³-hybridized carbons (Fsp3) is 0.417. The number of aliphatic hydroxyl groups is 1. The Balaban J connectivity index is 2.39. The molecule has 0 aliphatic rings. The van der Waals surface area contributed by atoms with Gasteiger partial charge >= 0.3 is 0 Å². The number of anilines is 1. The summed E-state index contributed by atoms with van der Waals surface area (Å²) in [5, 5.41) is 11.4. The molecule has 0 fully saturated rings. The van der Waals surface area contributed by atoms with Crippen LogP contribution in [0.1, 0.15) is 6.42 Å². The molecule has 0 radical (unpaired) electrons. The van der Waals surface area contributed by atoms with Crippen LogP contribution in [0.25, 0.3) is 0 Å². The molecular formula is C12H17NO3S. The van der Waals surface area contributed by atoms with Gasteiger partial charge in [-0.15, -0.1) is 0 Å².